The molecule has 0 spiro atoms. The van der Waals surface area contributed by atoms with Gasteiger partial charge in [-0.05, 0) is 6.42 Å². The Kier molecular flexibility index (Phi) is 11.6. The number of carbonyl (C=O) groups is 2. The third-order valence-electron chi connectivity index (χ3n) is 1.64. The second kappa shape index (κ2) is 10.2. The van der Waals surface area contributed by atoms with Crippen LogP contribution in [0.25, 0.3) is 0 Å². The minimum Gasteiger partial charge on any atom is -0.481 e. The maximum Gasteiger partial charge on any atom is 0.304 e. The zero-order valence-corrected chi connectivity index (χ0v) is 10.9. The summed E-state index contributed by atoms with van der Waals surface area (Å²) in [6.45, 7) is 3.78. The standard InChI is InChI=1S/C9H15NO4.Na/c1-2-3-7(6-9(13)14)10-5-4-8(11)12;/h2,7,10H,1,3-6H2,(H,11,12)(H,13,14);. The molecule has 0 saturated heterocycles. The van der Waals surface area contributed by atoms with Crippen molar-refractivity contribution in [3.8, 4) is 0 Å². The summed E-state index contributed by atoms with van der Waals surface area (Å²) in [5.41, 5.74) is 0. The molecule has 15 heavy (non-hydrogen) atoms. The van der Waals surface area contributed by atoms with E-state index in [0.717, 1.165) is 0 Å². The number of hydrogen-bond donors (Lipinski definition) is 3. The van der Waals surface area contributed by atoms with Crippen molar-refractivity contribution in [3.63, 3.8) is 0 Å². The first-order valence-corrected chi connectivity index (χ1v) is 4.34. The predicted molar refractivity (Wildman–Crippen MR) is 56.9 cm³/mol. The molecule has 6 heteroatoms. The van der Waals surface area contributed by atoms with Crippen LogP contribution in [-0.4, -0.2) is 64.3 Å². The second-order valence-electron chi connectivity index (χ2n) is 2.92. The van der Waals surface area contributed by atoms with Gasteiger partial charge in [0.25, 0.3) is 0 Å². The number of carboxylic acid groups (broad SMARTS) is 2. The van der Waals surface area contributed by atoms with Gasteiger partial charge in [0.15, 0.2) is 0 Å². The van der Waals surface area contributed by atoms with E-state index in [-0.39, 0.29) is 55.0 Å². The fourth-order valence-electron chi connectivity index (χ4n) is 1.03. The molecule has 0 aromatic rings. The summed E-state index contributed by atoms with van der Waals surface area (Å²) in [5.74, 6) is -1.80. The van der Waals surface area contributed by atoms with Crippen molar-refractivity contribution in [2.45, 2.75) is 25.3 Å². The van der Waals surface area contributed by atoms with Gasteiger partial charge in [0, 0.05) is 42.1 Å². The largest absolute Gasteiger partial charge is 0.481 e. The van der Waals surface area contributed by atoms with Crippen LogP contribution >= 0.6 is 0 Å². The van der Waals surface area contributed by atoms with E-state index in [1.807, 2.05) is 0 Å². The quantitative estimate of drug-likeness (QED) is 0.402. The molecule has 5 nitrogen and oxygen atoms in total. The summed E-state index contributed by atoms with van der Waals surface area (Å²) in [7, 11) is 0. The van der Waals surface area contributed by atoms with Crippen LogP contribution in [0.1, 0.15) is 19.3 Å². The van der Waals surface area contributed by atoms with Crippen molar-refractivity contribution in [1.29, 1.82) is 0 Å². The van der Waals surface area contributed by atoms with Crippen molar-refractivity contribution >= 4 is 41.5 Å². The summed E-state index contributed by atoms with van der Waals surface area (Å²) in [6.07, 6.45) is 2.10. The molecule has 3 N–H and O–H groups in total. The Morgan fingerprint density at radius 1 is 1.33 bits per heavy atom. The second-order valence-corrected chi connectivity index (χ2v) is 2.92. The molecular weight excluding hydrogens is 209 g/mol. The van der Waals surface area contributed by atoms with Gasteiger partial charge >= 0.3 is 11.9 Å². The Morgan fingerprint density at radius 3 is 2.33 bits per heavy atom. The molecule has 0 aliphatic heterocycles. The van der Waals surface area contributed by atoms with Crippen molar-refractivity contribution in [1.82, 2.24) is 5.32 Å². The zero-order valence-electron chi connectivity index (χ0n) is 8.90. The molecule has 1 unspecified atom stereocenters. The summed E-state index contributed by atoms with van der Waals surface area (Å²) < 4.78 is 0. The summed E-state index contributed by atoms with van der Waals surface area (Å²) in [4.78, 5) is 20.6. The van der Waals surface area contributed by atoms with Gasteiger partial charge < -0.3 is 15.5 Å². The van der Waals surface area contributed by atoms with E-state index in [2.05, 4.69) is 11.9 Å². The van der Waals surface area contributed by atoms with E-state index in [4.69, 9.17) is 10.2 Å². The molecular formula is C9H15NNaO4. The predicted octanol–water partition coefficient (Wildman–Crippen LogP) is 0.0893. The van der Waals surface area contributed by atoms with Crippen molar-refractivity contribution in [3.05, 3.63) is 12.7 Å². The average Bonchev–Trinajstić information content (AvgIpc) is 2.02. The fraction of sp³-hybridized carbons (Fsp3) is 0.556. The first kappa shape index (κ1) is 17.0. The third kappa shape index (κ3) is 11.6. The summed E-state index contributed by atoms with van der Waals surface area (Å²) in [6, 6.07) is -0.232. The van der Waals surface area contributed by atoms with Crippen LogP contribution in [0.15, 0.2) is 12.7 Å². The Balaban J connectivity index is 0. The molecule has 0 rings (SSSR count). The van der Waals surface area contributed by atoms with Gasteiger partial charge in [0.05, 0.1) is 12.8 Å². The molecule has 0 bridgehead atoms. The van der Waals surface area contributed by atoms with Crippen molar-refractivity contribution in [2.24, 2.45) is 0 Å². The molecule has 1 radical (unpaired) electrons. The fourth-order valence-corrected chi connectivity index (χ4v) is 1.03. The van der Waals surface area contributed by atoms with E-state index in [1.54, 1.807) is 6.08 Å². The smallest absolute Gasteiger partial charge is 0.304 e. The molecule has 1 atom stereocenters. The number of nitrogens with one attached hydrogen (secondary N) is 1. The molecule has 0 aliphatic carbocycles. The summed E-state index contributed by atoms with van der Waals surface area (Å²) in [5, 5.41) is 19.7. The maximum atomic E-state index is 10.4. The monoisotopic (exact) mass is 224 g/mol. The van der Waals surface area contributed by atoms with Crippen LogP contribution in [0.2, 0.25) is 0 Å². The minimum absolute atomic E-state index is 0. The van der Waals surface area contributed by atoms with Gasteiger partial charge in [0.1, 0.15) is 0 Å². The molecule has 0 saturated carbocycles. The van der Waals surface area contributed by atoms with Gasteiger partial charge in [-0.2, -0.15) is 0 Å². The normalized spacial score (nSPS) is 11.2. The zero-order chi connectivity index (χ0) is 11.0. The van der Waals surface area contributed by atoms with E-state index < -0.39 is 11.9 Å². The third-order valence-corrected chi connectivity index (χ3v) is 1.64. The van der Waals surface area contributed by atoms with Crippen LogP contribution in [-0.2, 0) is 9.59 Å². The van der Waals surface area contributed by atoms with Crippen LogP contribution < -0.4 is 5.32 Å². The summed E-state index contributed by atoms with van der Waals surface area (Å²) >= 11 is 0. The van der Waals surface area contributed by atoms with Crippen LogP contribution in [0.3, 0.4) is 0 Å². The van der Waals surface area contributed by atoms with Crippen molar-refractivity contribution in [2.75, 3.05) is 6.54 Å². The number of rotatable bonds is 8. The van der Waals surface area contributed by atoms with E-state index in [9.17, 15) is 9.59 Å². The van der Waals surface area contributed by atoms with Crippen LogP contribution in [0.4, 0.5) is 0 Å². The Hall–Kier alpha value is -0.360. The van der Waals surface area contributed by atoms with E-state index in [1.165, 1.54) is 0 Å². The van der Waals surface area contributed by atoms with Crippen LogP contribution in [0, 0.1) is 0 Å². The van der Waals surface area contributed by atoms with Gasteiger partial charge in [-0.1, -0.05) is 6.08 Å². The Bertz CT molecular complexity index is 220. The molecule has 0 aliphatic rings. The Morgan fingerprint density at radius 2 is 1.93 bits per heavy atom. The topological polar surface area (TPSA) is 86.6 Å². The Labute approximate surface area is 111 Å². The van der Waals surface area contributed by atoms with Gasteiger partial charge in [-0.25, -0.2) is 0 Å². The first-order valence-electron chi connectivity index (χ1n) is 4.34. The number of hydrogen-bond acceptors (Lipinski definition) is 3. The van der Waals surface area contributed by atoms with E-state index >= 15 is 0 Å². The van der Waals surface area contributed by atoms with Gasteiger partial charge in [-0.3, -0.25) is 9.59 Å². The molecule has 0 aromatic carbocycles. The average molecular weight is 224 g/mol. The molecule has 0 aromatic heterocycles. The van der Waals surface area contributed by atoms with E-state index in [0.29, 0.717) is 6.42 Å². The van der Waals surface area contributed by atoms with Crippen LogP contribution in [0.5, 0.6) is 0 Å². The maximum absolute atomic E-state index is 10.4. The van der Waals surface area contributed by atoms with Gasteiger partial charge in [0.2, 0.25) is 0 Å². The molecule has 0 heterocycles. The van der Waals surface area contributed by atoms with Gasteiger partial charge in [-0.15, -0.1) is 6.58 Å². The molecule has 81 valence electrons. The number of carboxylic acids is 2. The number of aliphatic carboxylic acids is 2. The molecule has 0 amide bonds. The molecule has 0 fully saturated rings. The van der Waals surface area contributed by atoms with Crippen molar-refractivity contribution < 1.29 is 19.8 Å². The first-order chi connectivity index (χ1) is 6.56. The SMILES string of the molecule is C=CCC(CC(=O)O)NCCC(=O)O.[Na]. The minimum atomic E-state index is -0.903.